The molecule has 0 bridgehead atoms. The Morgan fingerprint density at radius 3 is 2.56 bits per heavy atom. The fourth-order valence-electron chi connectivity index (χ4n) is 3.26. The second kappa shape index (κ2) is 5.00. The fourth-order valence-corrected chi connectivity index (χ4v) is 3.26. The van der Waals surface area contributed by atoms with E-state index in [1.54, 1.807) is 0 Å². The van der Waals surface area contributed by atoms with Gasteiger partial charge < -0.3 is 5.11 Å². The van der Waals surface area contributed by atoms with Crippen LogP contribution in [-0.4, -0.2) is 16.2 Å². The Hall–Kier alpha value is -0.890. The first-order chi connectivity index (χ1) is 8.41. The van der Waals surface area contributed by atoms with E-state index in [0.29, 0.717) is 11.8 Å². The lowest BCUT2D eigenvalue weighted by Gasteiger charge is -2.42. The maximum Gasteiger partial charge on any atom is 0.0579 e. The van der Waals surface area contributed by atoms with Crippen LogP contribution in [-0.2, 0) is 5.41 Å². The minimum absolute atomic E-state index is 0.000255. The molecule has 1 aromatic heterocycles. The molecule has 1 fully saturated rings. The lowest BCUT2D eigenvalue weighted by molar-refractivity contribution is 0.0142. The van der Waals surface area contributed by atoms with E-state index in [0.717, 1.165) is 18.5 Å². The van der Waals surface area contributed by atoms with Gasteiger partial charge in [0.2, 0.25) is 0 Å². The summed E-state index contributed by atoms with van der Waals surface area (Å²) in [7, 11) is 0. The SMILES string of the molecule is Cc1ccc(C(C)(C)C2CCC(C)CC2O)cn1. The van der Waals surface area contributed by atoms with Gasteiger partial charge in [0.15, 0.2) is 0 Å². The average molecular weight is 247 g/mol. The number of aliphatic hydroxyl groups is 1. The molecule has 1 aliphatic carbocycles. The first kappa shape index (κ1) is 13.5. The minimum atomic E-state index is -0.176. The minimum Gasteiger partial charge on any atom is -0.393 e. The largest absolute Gasteiger partial charge is 0.393 e. The van der Waals surface area contributed by atoms with Gasteiger partial charge in [0, 0.05) is 11.9 Å². The Morgan fingerprint density at radius 2 is 2.00 bits per heavy atom. The highest BCUT2D eigenvalue weighted by Gasteiger charge is 2.39. The molecule has 100 valence electrons. The molecule has 0 saturated heterocycles. The number of aliphatic hydroxyl groups excluding tert-OH is 1. The number of rotatable bonds is 2. The van der Waals surface area contributed by atoms with Gasteiger partial charge in [-0.25, -0.2) is 0 Å². The summed E-state index contributed by atoms with van der Waals surface area (Å²) in [6.45, 7) is 8.72. The van der Waals surface area contributed by atoms with E-state index in [9.17, 15) is 5.11 Å². The normalized spacial score (nSPS) is 29.3. The van der Waals surface area contributed by atoms with Crippen LogP contribution in [0.4, 0.5) is 0 Å². The van der Waals surface area contributed by atoms with Gasteiger partial charge in [-0.2, -0.15) is 0 Å². The van der Waals surface area contributed by atoms with Crippen LogP contribution in [0.5, 0.6) is 0 Å². The second-order valence-corrected chi connectivity index (χ2v) is 6.50. The molecule has 1 saturated carbocycles. The van der Waals surface area contributed by atoms with Crippen molar-refractivity contribution < 1.29 is 5.11 Å². The van der Waals surface area contributed by atoms with Gasteiger partial charge in [-0.1, -0.05) is 33.3 Å². The van der Waals surface area contributed by atoms with Crippen molar-refractivity contribution in [3.63, 3.8) is 0 Å². The highest BCUT2D eigenvalue weighted by atomic mass is 16.3. The molecule has 2 nitrogen and oxygen atoms in total. The Bertz CT molecular complexity index is 396. The van der Waals surface area contributed by atoms with E-state index in [1.165, 1.54) is 12.0 Å². The third-order valence-corrected chi connectivity index (χ3v) is 4.66. The summed E-state index contributed by atoms with van der Waals surface area (Å²) in [4.78, 5) is 4.40. The molecule has 1 aliphatic rings. The van der Waals surface area contributed by atoms with Crippen molar-refractivity contribution in [2.24, 2.45) is 11.8 Å². The van der Waals surface area contributed by atoms with E-state index in [4.69, 9.17) is 0 Å². The zero-order valence-corrected chi connectivity index (χ0v) is 12.0. The Kier molecular flexibility index (Phi) is 3.76. The summed E-state index contributed by atoms with van der Waals surface area (Å²) >= 11 is 0. The van der Waals surface area contributed by atoms with Gasteiger partial charge in [-0.3, -0.25) is 4.98 Å². The topological polar surface area (TPSA) is 33.1 Å². The molecule has 0 radical (unpaired) electrons. The molecule has 2 heteroatoms. The van der Waals surface area contributed by atoms with Crippen LogP contribution in [0.25, 0.3) is 0 Å². The van der Waals surface area contributed by atoms with E-state index in [2.05, 4.69) is 37.9 Å². The maximum absolute atomic E-state index is 10.4. The van der Waals surface area contributed by atoms with E-state index < -0.39 is 0 Å². The molecule has 1 heterocycles. The molecule has 0 amide bonds. The number of pyridine rings is 1. The molecular weight excluding hydrogens is 222 g/mol. The van der Waals surface area contributed by atoms with Crippen molar-refractivity contribution in [3.8, 4) is 0 Å². The molecule has 0 aliphatic heterocycles. The first-order valence-corrected chi connectivity index (χ1v) is 7.02. The highest BCUT2D eigenvalue weighted by Crippen LogP contribution is 2.42. The molecule has 3 unspecified atom stereocenters. The number of hydrogen-bond donors (Lipinski definition) is 1. The first-order valence-electron chi connectivity index (χ1n) is 7.02. The van der Waals surface area contributed by atoms with Crippen molar-refractivity contribution in [2.75, 3.05) is 0 Å². The summed E-state index contributed by atoms with van der Waals surface area (Å²) < 4.78 is 0. The van der Waals surface area contributed by atoms with Gasteiger partial charge >= 0.3 is 0 Å². The summed E-state index contributed by atoms with van der Waals surface area (Å²) in [5.41, 5.74) is 2.29. The molecular formula is C16H25NO. The van der Waals surface area contributed by atoms with Crippen LogP contribution in [0.3, 0.4) is 0 Å². The van der Waals surface area contributed by atoms with Crippen molar-refractivity contribution in [1.82, 2.24) is 4.98 Å². The van der Waals surface area contributed by atoms with Crippen LogP contribution in [0.15, 0.2) is 18.3 Å². The van der Waals surface area contributed by atoms with Crippen molar-refractivity contribution in [3.05, 3.63) is 29.6 Å². The lowest BCUT2D eigenvalue weighted by Crippen LogP contribution is -2.41. The quantitative estimate of drug-likeness (QED) is 0.868. The predicted octanol–water partition coefficient (Wildman–Crippen LogP) is 3.46. The van der Waals surface area contributed by atoms with Crippen molar-refractivity contribution in [2.45, 2.75) is 58.5 Å². The summed E-state index contributed by atoms with van der Waals surface area (Å²) in [6.07, 6.45) is 5.08. The van der Waals surface area contributed by atoms with Crippen molar-refractivity contribution >= 4 is 0 Å². The van der Waals surface area contributed by atoms with Crippen LogP contribution >= 0.6 is 0 Å². The van der Waals surface area contributed by atoms with Crippen LogP contribution in [0.2, 0.25) is 0 Å². The Morgan fingerprint density at radius 1 is 1.28 bits per heavy atom. The number of aromatic nitrogens is 1. The Balaban J connectivity index is 2.22. The second-order valence-electron chi connectivity index (χ2n) is 6.50. The van der Waals surface area contributed by atoms with E-state index >= 15 is 0 Å². The number of nitrogens with zero attached hydrogens (tertiary/aromatic N) is 1. The van der Waals surface area contributed by atoms with E-state index in [1.807, 2.05) is 13.1 Å². The fraction of sp³-hybridized carbons (Fsp3) is 0.688. The molecule has 2 rings (SSSR count). The molecule has 3 atom stereocenters. The predicted molar refractivity (Wildman–Crippen MR) is 74.5 cm³/mol. The smallest absolute Gasteiger partial charge is 0.0579 e. The Labute approximate surface area is 110 Å². The third-order valence-electron chi connectivity index (χ3n) is 4.66. The van der Waals surface area contributed by atoms with Crippen LogP contribution in [0.1, 0.15) is 51.3 Å². The van der Waals surface area contributed by atoms with Crippen LogP contribution in [0, 0.1) is 18.8 Å². The van der Waals surface area contributed by atoms with Gasteiger partial charge in [0.1, 0.15) is 0 Å². The number of hydrogen-bond acceptors (Lipinski definition) is 2. The summed E-state index contributed by atoms with van der Waals surface area (Å²) in [5.74, 6) is 1.00. The molecule has 0 spiro atoms. The van der Waals surface area contributed by atoms with Gasteiger partial charge in [-0.15, -0.1) is 0 Å². The molecule has 1 N–H and O–H groups in total. The summed E-state index contributed by atoms with van der Waals surface area (Å²) in [5, 5.41) is 10.4. The molecule has 0 aromatic carbocycles. The number of aryl methyl sites for hydroxylation is 1. The highest BCUT2D eigenvalue weighted by molar-refractivity contribution is 5.23. The van der Waals surface area contributed by atoms with E-state index in [-0.39, 0.29) is 11.5 Å². The van der Waals surface area contributed by atoms with Crippen molar-refractivity contribution in [1.29, 1.82) is 0 Å². The maximum atomic E-state index is 10.4. The molecule has 18 heavy (non-hydrogen) atoms. The zero-order chi connectivity index (χ0) is 13.3. The van der Waals surface area contributed by atoms with Crippen LogP contribution < -0.4 is 0 Å². The summed E-state index contributed by atoms with van der Waals surface area (Å²) in [6, 6.07) is 4.22. The average Bonchev–Trinajstić information content (AvgIpc) is 2.29. The van der Waals surface area contributed by atoms with Gasteiger partial charge in [-0.05, 0) is 48.6 Å². The monoisotopic (exact) mass is 247 g/mol. The lowest BCUT2D eigenvalue weighted by atomic mass is 9.65. The standard InChI is InChI=1S/C16H25NO/c1-11-5-8-14(15(18)9-11)16(3,4)13-7-6-12(2)17-10-13/h6-7,10-11,14-15,18H,5,8-9H2,1-4H3. The third kappa shape index (κ3) is 2.59. The van der Waals surface area contributed by atoms with Gasteiger partial charge in [0.05, 0.1) is 6.10 Å². The van der Waals surface area contributed by atoms with Gasteiger partial charge in [0.25, 0.3) is 0 Å². The molecule has 1 aromatic rings. The zero-order valence-electron chi connectivity index (χ0n) is 12.0.